The number of hydrogen-bond acceptors (Lipinski definition) is 6. The number of nitrogens with zero attached hydrogens (tertiary/aromatic N) is 5. The van der Waals surface area contributed by atoms with E-state index in [-0.39, 0.29) is 12.0 Å². The van der Waals surface area contributed by atoms with Crippen molar-refractivity contribution in [2.24, 2.45) is 5.41 Å². The Hall–Kier alpha value is -1.99. The molecule has 0 unspecified atom stereocenters. The van der Waals surface area contributed by atoms with E-state index >= 15 is 0 Å². The minimum atomic E-state index is -0.0382. The molecule has 7 heteroatoms. The van der Waals surface area contributed by atoms with Crippen molar-refractivity contribution < 1.29 is 9.84 Å². The van der Waals surface area contributed by atoms with Crippen LogP contribution in [0, 0.1) is 5.41 Å². The van der Waals surface area contributed by atoms with Crippen LogP contribution in [0.3, 0.4) is 0 Å². The fourth-order valence-electron chi connectivity index (χ4n) is 4.18. The molecule has 1 aromatic heterocycles. The van der Waals surface area contributed by atoms with Gasteiger partial charge in [-0.3, -0.25) is 0 Å². The van der Waals surface area contributed by atoms with Crippen LogP contribution in [0.25, 0.3) is 5.69 Å². The highest BCUT2D eigenvalue weighted by atomic mass is 16.5. The Labute approximate surface area is 154 Å². The first kappa shape index (κ1) is 17.4. The first-order valence-corrected chi connectivity index (χ1v) is 9.61. The molecule has 0 saturated carbocycles. The molecule has 1 N–H and O–H groups in total. The van der Waals surface area contributed by atoms with E-state index in [0.29, 0.717) is 6.10 Å². The highest BCUT2D eigenvalue weighted by molar-refractivity contribution is 5.40. The number of para-hydroxylation sites is 1. The van der Waals surface area contributed by atoms with Gasteiger partial charge in [0.2, 0.25) is 5.95 Å². The number of ether oxygens (including phenoxy) is 1. The van der Waals surface area contributed by atoms with Gasteiger partial charge in [-0.1, -0.05) is 23.3 Å². The Morgan fingerprint density at radius 3 is 2.65 bits per heavy atom. The lowest BCUT2D eigenvalue weighted by Gasteiger charge is -2.43. The van der Waals surface area contributed by atoms with Crippen LogP contribution in [0.15, 0.2) is 30.3 Å². The largest absolute Gasteiger partial charge is 0.396 e. The number of benzene rings is 1. The zero-order chi connectivity index (χ0) is 17.8. The Kier molecular flexibility index (Phi) is 5.17. The highest BCUT2D eigenvalue weighted by Crippen LogP contribution is 2.39. The summed E-state index contributed by atoms with van der Waals surface area (Å²) in [5.41, 5.74) is 0.922. The van der Waals surface area contributed by atoms with E-state index < -0.39 is 0 Å². The van der Waals surface area contributed by atoms with Crippen LogP contribution in [-0.2, 0) is 4.74 Å². The van der Waals surface area contributed by atoms with Gasteiger partial charge in [-0.15, -0.1) is 0 Å². The monoisotopic (exact) mass is 357 g/mol. The second-order valence-electron chi connectivity index (χ2n) is 7.56. The minimum Gasteiger partial charge on any atom is -0.396 e. The summed E-state index contributed by atoms with van der Waals surface area (Å²) in [5.74, 6) is 0.775. The average Bonchev–Trinajstić information content (AvgIpc) is 3.20. The van der Waals surface area contributed by atoms with Gasteiger partial charge in [-0.05, 0) is 66.5 Å². The lowest BCUT2D eigenvalue weighted by atomic mass is 9.74. The number of anilines is 1. The van der Waals surface area contributed by atoms with Gasteiger partial charge in [0.05, 0.1) is 11.8 Å². The number of tetrazole rings is 1. The normalized spacial score (nSPS) is 23.1. The summed E-state index contributed by atoms with van der Waals surface area (Å²) in [6.45, 7) is 2.79. The molecule has 0 aliphatic carbocycles. The molecule has 2 aromatic rings. The number of aliphatic hydroxyl groups is 1. The fraction of sp³-hybridized carbons (Fsp3) is 0.632. The molecule has 2 aliphatic rings. The van der Waals surface area contributed by atoms with E-state index in [2.05, 4.69) is 20.4 Å². The summed E-state index contributed by atoms with van der Waals surface area (Å²) in [4.78, 5) is 2.22. The molecule has 2 saturated heterocycles. The standard InChI is InChI=1S/C19H27N5O2/c25-15-19(14-17-8-4-5-13-26-17)9-11-23(12-10-19)18-20-21-22-24(18)16-6-2-1-3-7-16/h1-3,6-7,17,25H,4-5,8-15H2/t17-/m1/s1. The number of piperidine rings is 1. The molecule has 4 rings (SSSR count). The summed E-state index contributed by atoms with van der Waals surface area (Å²) >= 11 is 0. The summed E-state index contributed by atoms with van der Waals surface area (Å²) in [5, 5.41) is 22.4. The molecule has 2 fully saturated rings. The molecule has 140 valence electrons. The molecule has 1 atom stereocenters. The average molecular weight is 357 g/mol. The molecule has 0 radical (unpaired) electrons. The Morgan fingerprint density at radius 2 is 1.96 bits per heavy atom. The van der Waals surface area contributed by atoms with Crippen LogP contribution in [0.2, 0.25) is 0 Å². The van der Waals surface area contributed by atoms with Crippen LogP contribution in [0.1, 0.15) is 38.5 Å². The molecule has 2 aliphatic heterocycles. The summed E-state index contributed by atoms with van der Waals surface area (Å²) in [6, 6.07) is 9.96. The molecule has 0 bridgehead atoms. The molecule has 0 amide bonds. The van der Waals surface area contributed by atoms with E-state index in [1.807, 2.05) is 30.3 Å². The van der Waals surface area contributed by atoms with Gasteiger partial charge in [0.15, 0.2) is 0 Å². The van der Waals surface area contributed by atoms with Crippen molar-refractivity contribution in [2.75, 3.05) is 31.2 Å². The van der Waals surface area contributed by atoms with Crippen molar-refractivity contribution in [1.82, 2.24) is 20.2 Å². The Morgan fingerprint density at radius 1 is 1.15 bits per heavy atom. The molecule has 3 heterocycles. The van der Waals surface area contributed by atoms with Crippen molar-refractivity contribution in [2.45, 2.75) is 44.6 Å². The number of aliphatic hydroxyl groups excluding tert-OH is 1. The van der Waals surface area contributed by atoms with E-state index in [1.54, 1.807) is 4.68 Å². The van der Waals surface area contributed by atoms with Gasteiger partial charge in [-0.25, -0.2) is 0 Å². The lowest BCUT2D eigenvalue weighted by Crippen LogP contribution is -2.45. The second-order valence-corrected chi connectivity index (χ2v) is 7.56. The van der Waals surface area contributed by atoms with Gasteiger partial charge in [0.25, 0.3) is 0 Å². The van der Waals surface area contributed by atoms with Crippen molar-refractivity contribution in [3.63, 3.8) is 0 Å². The maximum atomic E-state index is 10.1. The first-order valence-electron chi connectivity index (χ1n) is 9.61. The van der Waals surface area contributed by atoms with Crippen LogP contribution in [-0.4, -0.2) is 57.7 Å². The molecular formula is C19H27N5O2. The van der Waals surface area contributed by atoms with Crippen molar-refractivity contribution >= 4 is 5.95 Å². The maximum absolute atomic E-state index is 10.1. The van der Waals surface area contributed by atoms with Gasteiger partial charge >= 0.3 is 0 Å². The summed E-state index contributed by atoms with van der Waals surface area (Å²) in [7, 11) is 0. The summed E-state index contributed by atoms with van der Waals surface area (Å²) < 4.78 is 7.71. The third-order valence-electron chi connectivity index (χ3n) is 5.83. The quantitative estimate of drug-likeness (QED) is 0.884. The van der Waals surface area contributed by atoms with E-state index in [0.717, 1.165) is 57.0 Å². The van der Waals surface area contributed by atoms with Crippen LogP contribution in [0.5, 0.6) is 0 Å². The number of rotatable bonds is 5. The lowest BCUT2D eigenvalue weighted by molar-refractivity contribution is -0.0355. The van der Waals surface area contributed by atoms with Crippen molar-refractivity contribution in [1.29, 1.82) is 0 Å². The van der Waals surface area contributed by atoms with Gasteiger partial charge < -0.3 is 14.7 Å². The van der Waals surface area contributed by atoms with Crippen molar-refractivity contribution in [3.8, 4) is 5.69 Å². The van der Waals surface area contributed by atoms with E-state index in [9.17, 15) is 5.11 Å². The minimum absolute atomic E-state index is 0.0382. The smallest absolute Gasteiger partial charge is 0.250 e. The van der Waals surface area contributed by atoms with Crippen LogP contribution >= 0.6 is 0 Å². The highest BCUT2D eigenvalue weighted by Gasteiger charge is 2.38. The summed E-state index contributed by atoms with van der Waals surface area (Å²) in [6.07, 6.45) is 6.66. The van der Waals surface area contributed by atoms with Crippen molar-refractivity contribution in [3.05, 3.63) is 30.3 Å². The molecule has 7 nitrogen and oxygen atoms in total. The third-order valence-corrected chi connectivity index (χ3v) is 5.83. The van der Waals surface area contributed by atoms with Gasteiger partial charge in [-0.2, -0.15) is 4.68 Å². The second kappa shape index (κ2) is 7.72. The topological polar surface area (TPSA) is 76.3 Å². The third kappa shape index (κ3) is 3.59. The van der Waals surface area contributed by atoms with E-state index in [1.165, 1.54) is 12.8 Å². The van der Waals surface area contributed by atoms with E-state index in [4.69, 9.17) is 4.74 Å². The first-order chi connectivity index (χ1) is 12.8. The van der Waals surface area contributed by atoms with Gasteiger partial charge in [0.1, 0.15) is 0 Å². The fourth-order valence-corrected chi connectivity index (χ4v) is 4.18. The predicted octanol–water partition coefficient (Wildman–Crippen LogP) is 2.20. The Balaban J connectivity index is 1.44. The van der Waals surface area contributed by atoms with Gasteiger partial charge in [0, 0.05) is 26.3 Å². The number of hydrogen-bond donors (Lipinski definition) is 1. The predicted molar refractivity (Wildman–Crippen MR) is 98.3 cm³/mol. The van der Waals surface area contributed by atoms with Crippen LogP contribution in [0.4, 0.5) is 5.95 Å². The zero-order valence-electron chi connectivity index (χ0n) is 15.1. The maximum Gasteiger partial charge on any atom is 0.250 e. The SMILES string of the molecule is OCC1(C[C@H]2CCCCO2)CCN(c2nnnn2-c2ccccc2)CC1. The molecule has 26 heavy (non-hydrogen) atoms. The molecule has 0 spiro atoms. The van der Waals surface area contributed by atoms with Crippen LogP contribution < -0.4 is 4.90 Å². The molecular weight excluding hydrogens is 330 g/mol. The Bertz CT molecular complexity index is 691. The zero-order valence-corrected chi connectivity index (χ0v) is 15.1. The number of aromatic nitrogens is 4. The molecule has 1 aromatic carbocycles.